The van der Waals surface area contributed by atoms with Crippen molar-refractivity contribution in [1.82, 2.24) is 33.6 Å². The van der Waals surface area contributed by atoms with Gasteiger partial charge < -0.3 is 9.47 Å². The fourth-order valence-electron chi connectivity index (χ4n) is 8.51. The standard InChI is InChI=1S/C50H30FN7O2/c51-31-29-54-50(55-30-31)58-46-27-34(59-32-15-19-38-36-9-1-3-11-42(36)56(44(38)25-32)48-13-5-7-23-52-48)17-21-40(46)41-22-18-35(28-47(41)58)60-33-16-20-39-37-10-2-4-12-43(37)57(45(39)26-33)49-14-6-8-24-53-49/h1-30H. The first-order valence-corrected chi connectivity index (χ1v) is 19.5. The SMILES string of the molecule is Fc1cnc(-n2c3cc(Oc4ccc5c6ccccc6n(-c6ccccn6)c5c4)ccc3c3ccc(Oc4ccc5c6ccccc6n(-c6ccccn6)c5c4)cc32)nc1. The second-order valence-corrected chi connectivity index (χ2v) is 14.5. The summed E-state index contributed by atoms with van der Waals surface area (Å²) in [6.45, 7) is 0. The van der Waals surface area contributed by atoms with Crippen LogP contribution in [0.5, 0.6) is 23.0 Å². The lowest BCUT2D eigenvalue weighted by Gasteiger charge is -2.10. The minimum atomic E-state index is -0.524. The number of hydrogen-bond acceptors (Lipinski definition) is 6. The molecule has 284 valence electrons. The second-order valence-electron chi connectivity index (χ2n) is 14.5. The zero-order valence-electron chi connectivity index (χ0n) is 31.6. The smallest absolute Gasteiger partial charge is 0.234 e. The monoisotopic (exact) mass is 779 g/mol. The Kier molecular flexibility index (Phi) is 7.51. The zero-order valence-corrected chi connectivity index (χ0v) is 31.6. The summed E-state index contributed by atoms with van der Waals surface area (Å²) < 4.78 is 33.7. The second kappa shape index (κ2) is 13.4. The molecule has 6 aromatic carbocycles. The van der Waals surface area contributed by atoms with Crippen LogP contribution >= 0.6 is 0 Å². The minimum Gasteiger partial charge on any atom is -0.457 e. The number of hydrogen-bond donors (Lipinski definition) is 0. The molecule has 0 atom stereocenters. The highest BCUT2D eigenvalue weighted by molar-refractivity contribution is 6.11. The summed E-state index contributed by atoms with van der Waals surface area (Å²) in [4.78, 5) is 18.2. The van der Waals surface area contributed by atoms with E-state index < -0.39 is 5.82 Å². The van der Waals surface area contributed by atoms with Crippen LogP contribution in [0.25, 0.3) is 83.0 Å². The third-order valence-electron chi connectivity index (χ3n) is 11.0. The number of para-hydroxylation sites is 2. The Morgan fingerprint density at radius 3 is 1.12 bits per heavy atom. The molecule has 6 heterocycles. The predicted octanol–water partition coefficient (Wildman–Crippen LogP) is 12.3. The summed E-state index contributed by atoms with van der Waals surface area (Å²) >= 11 is 0. The van der Waals surface area contributed by atoms with Gasteiger partial charge in [0.15, 0.2) is 5.82 Å². The van der Waals surface area contributed by atoms with Crippen LogP contribution in [0.2, 0.25) is 0 Å². The van der Waals surface area contributed by atoms with Gasteiger partial charge in [-0.2, -0.15) is 0 Å². The molecule has 12 aromatic rings. The molecule has 0 N–H and O–H groups in total. The van der Waals surface area contributed by atoms with Crippen molar-refractivity contribution in [2.75, 3.05) is 0 Å². The molecule has 0 amide bonds. The van der Waals surface area contributed by atoms with Gasteiger partial charge in [0.2, 0.25) is 5.95 Å². The molecular weight excluding hydrogens is 750 g/mol. The van der Waals surface area contributed by atoms with Crippen LogP contribution in [-0.4, -0.2) is 33.6 Å². The van der Waals surface area contributed by atoms with Gasteiger partial charge in [-0.15, -0.1) is 0 Å². The molecule has 60 heavy (non-hydrogen) atoms. The van der Waals surface area contributed by atoms with E-state index in [0.29, 0.717) is 28.9 Å². The van der Waals surface area contributed by atoms with E-state index in [1.807, 2.05) is 126 Å². The molecule has 0 unspecified atom stereocenters. The van der Waals surface area contributed by atoms with E-state index in [1.165, 1.54) is 12.4 Å². The van der Waals surface area contributed by atoms with E-state index in [4.69, 9.17) is 9.47 Å². The van der Waals surface area contributed by atoms with E-state index >= 15 is 0 Å². The Morgan fingerprint density at radius 1 is 0.350 bits per heavy atom. The van der Waals surface area contributed by atoms with E-state index in [1.54, 1.807) is 12.4 Å². The van der Waals surface area contributed by atoms with E-state index in [2.05, 4.69) is 65.5 Å². The van der Waals surface area contributed by atoms with Crippen LogP contribution in [0.1, 0.15) is 0 Å². The molecule has 0 radical (unpaired) electrons. The lowest BCUT2D eigenvalue weighted by atomic mass is 10.1. The maximum absolute atomic E-state index is 14.2. The van der Waals surface area contributed by atoms with Gasteiger partial charge in [-0.3, -0.25) is 13.7 Å². The van der Waals surface area contributed by atoms with Crippen molar-refractivity contribution in [3.05, 3.63) is 188 Å². The highest BCUT2D eigenvalue weighted by atomic mass is 19.1. The molecule has 9 nitrogen and oxygen atoms in total. The number of halogens is 1. The van der Waals surface area contributed by atoms with Crippen LogP contribution in [0.4, 0.5) is 4.39 Å². The number of nitrogens with zero attached hydrogens (tertiary/aromatic N) is 7. The lowest BCUT2D eigenvalue weighted by Crippen LogP contribution is -2.01. The summed E-state index contributed by atoms with van der Waals surface area (Å²) in [7, 11) is 0. The summed E-state index contributed by atoms with van der Waals surface area (Å²) in [6.07, 6.45) is 5.95. The summed E-state index contributed by atoms with van der Waals surface area (Å²) in [5, 5.41) is 6.35. The third kappa shape index (κ3) is 5.39. The summed E-state index contributed by atoms with van der Waals surface area (Å²) in [5.74, 6) is 3.99. The van der Waals surface area contributed by atoms with E-state index in [0.717, 1.165) is 77.1 Å². The first-order valence-electron chi connectivity index (χ1n) is 19.5. The fraction of sp³-hybridized carbons (Fsp3) is 0. The molecular formula is C50H30FN7O2. The molecule has 0 saturated carbocycles. The number of benzene rings is 6. The number of rotatable bonds is 7. The molecule has 0 aliphatic heterocycles. The molecule has 0 fully saturated rings. The molecule has 0 spiro atoms. The summed E-state index contributed by atoms with van der Waals surface area (Å²) in [6, 6.07) is 52.6. The van der Waals surface area contributed by atoms with Gasteiger partial charge in [-0.05, 0) is 84.9 Å². The predicted molar refractivity (Wildman–Crippen MR) is 234 cm³/mol. The van der Waals surface area contributed by atoms with Gasteiger partial charge in [0.05, 0.1) is 45.5 Å². The Labute approximate surface area is 340 Å². The Bertz CT molecular complexity index is 3400. The van der Waals surface area contributed by atoms with Crippen LogP contribution in [-0.2, 0) is 0 Å². The Hall–Kier alpha value is -8.37. The van der Waals surface area contributed by atoms with Gasteiger partial charge in [0.1, 0.15) is 34.6 Å². The van der Waals surface area contributed by atoms with Crippen molar-refractivity contribution in [3.8, 4) is 40.6 Å². The average Bonchev–Trinajstić information content (AvgIpc) is 3.92. The lowest BCUT2D eigenvalue weighted by molar-refractivity contribution is 0.484. The van der Waals surface area contributed by atoms with Crippen molar-refractivity contribution in [2.45, 2.75) is 0 Å². The maximum Gasteiger partial charge on any atom is 0.234 e. The molecule has 6 aromatic heterocycles. The molecule has 12 rings (SSSR count). The molecule has 0 aliphatic carbocycles. The number of aromatic nitrogens is 7. The number of pyridine rings is 2. The molecule has 0 aliphatic rings. The Morgan fingerprint density at radius 2 is 0.717 bits per heavy atom. The quantitative estimate of drug-likeness (QED) is 0.160. The molecule has 0 bridgehead atoms. The summed E-state index contributed by atoms with van der Waals surface area (Å²) in [5.41, 5.74) is 5.65. The number of ether oxygens (including phenoxy) is 2. The maximum atomic E-state index is 14.2. The van der Waals surface area contributed by atoms with Gasteiger partial charge in [-0.1, -0.05) is 48.5 Å². The zero-order chi connectivity index (χ0) is 39.7. The largest absolute Gasteiger partial charge is 0.457 e. The van der Waals surface area contributed by atoms with Crippen molar-refractivity contribution in [1.29, 1.82) is 0 Å². The van der Waals surface area contributed by atoms with Crippen LogP contribution in [0.3, 0.4) is 0 Å². The van der Waals surface area contributed by atoms with Crippen molar-refractivity contribution in [3.63, 3.8) is 0 Å². The third-order valence-corrected chi connectivity index (χ3v) is 11.0. The van der Waals surface area contributed by atoms with Gasteiger partial charge >= 0.3 is 0 Å². The minimum absolute atomic E-state index is 0.313. The normalized spacial score (nSPS) is 11.8. The van der Waals surface area contributed by atoms with E-state index in [-0.39, 0.29) is 0 Å². The van der Waals surface area contributed by atoms with Crippen molar-refractivity contribution >= 4 is 65.4 Å². The van der Waals surface area contributed by atoms with Gasteiger partial charge in [0, 0.05) is 69.0 Å². The first-order chi connectivity index (χ1) is 29.6. The molecule has 0 saturated heterocycles. The van der Waals surface area contributed by atoms with E-state index in [9.17, 15) is 4.39 Å². The first kappa shape index (κ1) is 33.7. The van der Waals surface area contributed by atoms with Crippen molar-refractivity contribution < 1.29 is 13.9 Å². The van der Waals surface area contributed by atoms with Crippen LogP contribution in [0, 0.1) is 5.82 Å². The van der Waals surface area contributed by atoms with Gasteiger partial charge in [0.25, 0.3) is 0 Å². The molecule has 10 heteroatoms. The van der Waals surface area contributed by atoms with Gasteiger partial charge in [-0.25, -0.2) is 24.3 Å². The highest BCUT2D eigenvalue weighted by Gasteiger charge is 2.19. The topological polar surface area (TPSA) is 84.8 Å². The number of fused-ring (bicyclic) bond motifs is 9. The van der Waals surface area contributed by atoms with Crippen LogP contribution in [0.15, 0.2) is 183 Å². The Balaban J connectivity index is 0.961. The fourth-order valence-corrected chi connectivity index (χ4v) is 8.51. The van der Waals surface area contributed by atoms with Crippen molar-refractivity contribution in [2.24, 2.45) is 0 Å². The van der Waals surface area contributed by atoms with Crippen LogP contribution < -0.4 is 9.47 Å². The average molecular weight is 780 g/mol. The highest BCUT2D eigenvalue weighted by Crippen LogP contribution is 2.40.